The zero-order valence-electron chi connectivity index (χ0n) is 13.5. The van der Waals surface area contributed by atoms with Crippen molar-refractivity contribution in [1.29, 1.82) is 0 Å². The number of halogens is 2. The van der Waals surface area contributed by atoms with Gasteiger partial charge in [-0.1, -0.05) is 59.2 Å². The van der Waals surface area contributed by atoms with Crippen molar-refractivity contribution < 1.29 is 4.79 Å². The largest absolute Gasteiger partial charge is 0.278 e. The summed E-state index contributed by atoms with van der Waals surface area (Å²) in [6.45, 7) is 0. The molecule has 0 saturated heterocycles. The summed E-state index contributed by atoms with van der Waals surface area (Å²) in [5.41, 5.74) is 1.83. The Morgan fingerprint density at radius 2 is 1.54 bits per heavy atom. The summed E-state index contributed by atoms with van der Waals surface area (Å²) in [6, 6.07) is 21.2. The maximum absolute atomic E-state index is 13.1. The van der Waals surface area contributed by atoms with Crippen LogP contribution in [0.1, 0.15) is 0 Å². The number of rotatable bonds is 3. The van der Waals surface area contributed by atoms with Gasteiger partial charge in [-0.2, -0.15) is 0 Å². The number of hydrogen-bond donors (Lipinski definition) is 0. The lowest BCUT2D eigenvalue weighted by Crippen LogP contribution is -2.29. The molecule has 1 heterocycles. The predicted octanol–water partition coefficient (Wildman–Crippen LogP) is 6.92. The fourth-order valence-corrected chi connectivity index (χ4v) is 5.17. The second kappa shape index (κ2) is 7.57. The minimum atomic E-state index is 0.00578. The van der Waals surface area contributed by atoms with Crippen molar-refractivity contribution in [3.05, 3.63) is 76.8 Å². The molecule has 0 aromatic heterocycles. The number of hydrogen-bond acceptors (Lipinski definition) is 3. The van der Waals surface area contributed by atoms with Crippen LogP contribution >= 0.6 is 46.7 Å². The number of amides is 1. The number of anilines is 2. The van der Waals surface area contributed by atoms with Gasteiger partial charge < -0.3 is 0 Å². The van der Waals surface area contributed by atoms with Gasteiger partial charge in [0.05, 0.1) is 22.2 Å². The average Bonchev–Trinajstić information content (AvgIpc) is 2.66. The third-order valence-electron chi connectivity index (χ3n) is 3.93. The molecule has 0 atom stereocenters. The Hall–Kier alpha value is -1.59. The Morgan fingerprint density at radius 3 is 2.19 bits per heavy atom. The van der Waals surface area contributed by atoms with Crippen LogP contribution in [0.15, 0.2) is 81.4 Å². The lowest BCUT2D eigenvalue weighted by molar-refractivity contribution is -0.115. The first-order valence-electron chi connectivity index (χ1n) is 7.90. The fraction of sp³-hybridized carbons (Fsp3) is 0.0500. The van der Waals surface area contributed by atoms with Gasteiger partial charge in [0.2, 0.25) is 5.91 Å². The number of para-hydroxylation sites is 2. The van der Waals surface area contributed by atoms with Crippen molar-refractivity contribution >= 4 is 64.0 Å². The van der Waals surface area contributed by atoms with Gasteiger partial charge in [0.1, 0.15) is 0 Å². The van der Waals surface area contributed by atoms with E-state index in [1.165, 1.54) is 11.8 Å². The van der Waals surface area contributed by atoms with E-state index < -0.39 is 0 Å². The highest BCUT2D eigenvalue weighted by Crippen LogP contribution is 2.48. The molecule has 130 valence electrons. The highest BCUT2D eigenvalue weighted by molar-refractivity contribution is 8.00. The summed E-state index contributed by atoms with van der Waals surface area (Å²) in [7, 11) is 0. The van der Waals surface area contributed by atoms with Crippen LogP contribution in [-0.2, 0) is 4.79 Å². The van der Waals surface area contributed by atoms with Crippen LogP contribution < -0.4 is 4.90 Å². The molecular formula is C20H13Cl2NOS2. The van der Waals surface area contributed by atoms with Gasteiger partial charge in [-0.3, -0.25) is 9.69 Å². The van der Waals surface area contributed by atoms with Crippen molar-refractivity contribution in [2.24, 2.45) is 0 Å². The molecule has 3 aromatic rings. The molecule has 6 heteroatoms. The van der Waals surface area contributed by atoms with Gasteiger partial charge in [-0.25, -0.2) is 0 Å². The molecule has 0 radical (unpaired) electrons. The number of benzene rings is 3. The van der Waals surface area contributed by atoms with Crippen LogP contribution in [0.4, 0.5) is 11.4 Å². The first kappa shape index (κ1) is 17.8. The lowest BCUT2D eigenvalue weighted by atomic mass is 10.2. The molecule has 0 spiro atoms. The first-order chi connectivity index (χ1) is 12.6. The summed E-state index contributed by atoms with van der Waals surface area (Å²) in [5.74, 6) is 0.277. The maximum atomic E-state index is 13.1. The molecule has 4 rings (SSSR count). The molecule has 0 aliphatic carbocycles. The van der Waals surface area contributed by atoms with Gasteiger partial charge >= 0.3 is 0 Å². The average molecular weight is 418 g/mol. The topological polar surface area (TPSA) is 20.3 Å². The SMILES string of the molecule is O=C(CSc1cc(Cl)ccc1Cl)N1c2ccccc2Sc2ccccc21. The number of thioether (sulfide) groups is 1. The van der Waals surface area contributed by atoms with Crippen LogP contribution in [0, 0.1) is 0 Å². The van der Waals surface area contributed by atoms with Crippen molar-refractivity contribution in [1.82, 2.24) is 0 Å². The van der Waals surface area contributed by atoms with E-state index >= 15 is 0 Å². The van der Waals surface area contributed by atoms with Crippen LogP contribution in [0.2, 0.25) is 10.0 Å². The minimum Gasteiger partial charge on any atom is -0.278 e. The molecule has 0 bridgehead atoms. The smallest absolute Gasteiger partial charge is 0.241 e. The first-order valence-corrected chi connectivity index (χ1v) is 10.5. The van der Waals surface area contributed by atoms with E-state index in [2.05, 4.69) is 0 Å². The Morgan fingerprint density at radius 1 is 0.923 bits per heavy atom. The van der Waals surface area contributed by atoms with Gasteiger partial charge in [-0.15, -0.1) is 11.8 Å². The third-order valence-corrected chi connectivity index (χ3v) is 6.77. The molecule has 0 N–H and O–H groups in total. The van der Waals surface area contributed by atoms with Crippen molar-refractivity contribution in [2.45, 2.75) is 14.7 Å². The maximum Gasteiger partial charge on any atom is 0.241 e. The van der Waals surface area contributed by atoms with Gasteiger partial charge in [0, 0.05) is 19.7 Å². The van der Waals surface area contributed by atoms with Crippen molar-refractivity contribution in [2.75, 3.05) is 10.7 Å². The van der Waals surface area contributed by atoms with Gasteiger partial charge in [0.15, 0.2) is 0 Å². The van der Waals surface area contributed by atoms with E-state index in [1.807, 2.05) is 48.5 Å². The zero-order chi connectivity index (χ0) is 18.1. The molecule has 1 amide bonds. The number of carbonyl (C=O) groups is 1. The lowest BCUT2D eigenvalue weighted by Gasteiger charge is -2.31. The highest BCUT2D eigenvalue weighted by Gasteiger charge is 2.27. The summed E-state index contributed by atoms with van der Waals surface area (Å²) in [4.78, 5) is 17.9. The standard InChI is InChI=1S/C20H13Cl2NOS2/c21-13-9-10-14(22)19(11-13)25-12-20(24)23-15-5-1-3-7-17(15)26-18-8-4-2-6-16(18)23/h1-11H,12H2. The van der Waals surface area contributed by atoms with Gasteiger partial charge in [-0.05, 0) is 42.5 Å². The molecule has 2 nitrogen and oxygen atoms in total. The molecule has 0 saturated carbocycles. The van der Waals surface area contributed by atoms with E-state index in [0.717, 1.165) is 26.1 Å². The number of fused-ring (bicyclic) bond motifs is 2. The van der Waals surface area contributed by atoms with E-state index in [-0.39, 0.29) is 11.7 Å². The van der Waals surface area contributed by atoms with E-state index in [4.69, 9.17) is 23.2 Å². The van der Waals surface area contributed by atoms with Crippen molar-refractivity contribution in [3.63, 3.8) is 0 Å². The monoisotopic (exact) mass is 417 g/mol. The Balaban J connectivity index is 1.64. The molecule has 0 fully saturated rings. The zero-order valence-corrected chi connectivity index (χ0v) is 16.6. The second-order valence-electron chi connectivity index (χ2n) is 5.63. The van der Waals surface area contributed by atoms with E-state index in [0.29, 0.717) is 10.0 Å². The van der Waals surface area contributed by atoms with E-state index in [9.17, 15) is 4.79 Å². The van der Waals surface area contributed by atoms with E-state index in [1.54, 1.807) is 34.9 Å². The summed E-state index contributed by atoms with van der Waals surface area (Å²) >= 11 is 15.3. The summed E-state index contributed by atoms with van der Waals surface area (Å²) in [5, 5.41) is 1.21. The quantitative estimate of drug-likeness (QED) is 0.431. The summed E-state index contributed by atoms with van der Waals surface area (Å²) < 4.78 is 0. The molecule has 3 aromatic carbocycles. The van der Waals surface area contributed by atoms with Crippen LogP contribution in [0.3, 0.4) is 0 Å². The highest BCUT2D eigenvalue weighted by atomic mass is 35.5. The fourth-order valence-electron chi connectivity index (χ4n) is 2.77. The second-order valence-corrected chi connectivity index (χ2v) is 8.57. The normalized spacial score (nSPS) is 12.5. The summed E-state index contributed by atoms with van der Waals surface area (Å²) in [6.07, 6.45) is 0. The Kier molecular flexibility index (Phi) is 5.18. The molecular weight excluding hydrogens is 405 g/mol. The number of carbonyl (C=O) groups excluding carboxylic acids is 1. The molecule has 1 aliphatic heterocycles. The van der Waals surface area contributed by atoms with Crippen LogP contribution in [0.5, 0.6) is 0 Å². The molecule has 1 aliphatic rings. The van der Waals surface area contributed by atoms with Crippen LogP contribution in [-0.4, -0.2) is 11.7 Å². The van der Waals surface area contributed by atoms with Gasteiger partial charge in [0.25, 0.3) is 0 Å². The molecule has 0 unspecified atom stereocenters. The molecule has 26 heavy (non-hydrogen) atoms. The minimum absolute atomic E-state index is 0.00578. The van der Waals surface area contributed by atoms with Crippen LogP contribution in [0.25, 0.3) is 0 Å². The Labute approximate surface area is 170 Å². The Bertz CT molecular complexity index is 948. The predicted molar refractivity (Wildman–Crippen MR) is 111 cm³/mol. The third kappa shape index (κ3) is 3.47. The van der Waals surface area contributed by atoms with Crippen molar-refractivity contribution in [3.8, 4) is 0 Å². The number of nitrogens with zero attached hydrogens (tertiary/aromatic N) is 1.